The molecule has 0 saturated carbocycles. The van der Waals surface area contributed by atoms with Gasteiger partial charge in [-0.05, 0) is 101 Å². The molecule has 1 aliphatic rings. The third-order valence-corrected chi connectivity index (χ3v) is 13.0. The second kappa shape index (κ2) is 14.5. The van der Waals surface area contributed by atoms with E-state index < -0.39 is 0 Å². The predicted octanol–water partition coefficient (Wildman–Crippen LogP) is 15.5. The van der Waals surface area contributed by atoms with Gasteiger partial charge in [-0.2, -0.15) is 0 Å². The molecule has 4 nitrogen and oxygen atoms in total. The summed E-state index contributed by atoms with van der Waals surface area (Å²) in [6.45, 7) is 4.65. The fourth-order valence-corrected chi connectivity index (χ4v) is 9.94. The molecule has 2 aromatic heterocycles. The molecule has 4 heteroatoms. The minimum atomic E-state index is -0.0517. The molecule has 0 saturated heterocycles. The molecular formula is C59H42N4. The van der Waals surface area contributed by atoms with Gasteiger partial charge in [-0.15, -0.1) is 0 Å². The van der Waals surface area contributed by atoms with Gasteiger partial charge in [0, 0.05) is 55.6 Å². The van der Waals surface area contributed by atoms with E-state index in [2.05, 4.69) is 242 Å². The molecular weight excluding hydrogens is 765 g/mol. The summed E-state index contributed by atoms with van der Waals surface area (Å²) >= 11 is 0. The minimum absolute atomic E-state index is 0.0517. The minimum Gasteiger partial charge on any atom is -0.310 e. The number of nitrogens with zero attached hydrogens (tertiary/aromatic N) is 4. The van der Waals surface area contributed by atoms with Gasteiger partial charge in [-0.3, -0.25) is 0 Å². The summed E-state index contributed by atoms with van der Waals surface area (Å²) in [5.41, 5.74) is 19.7. The average molecular weight is 807 g/mol. The molecule has 0 radical (unpaired) electrons. The van der Waals surface area contributed by atoms with Gasteiger partial charge < -0.3 is 9.47 Å². The second-order valence-electron chi connectivity index (χ2n) is 17.0. The second-order valence-corrected chi connectivity index (χ2v) is 17.0. The normalized spacial score (nSPS) is 12.7. The first-order chi connectivity index (χ1) is 31.0. The topological polar surface area (TPSA) is 34.0 Å². The monoisotopic (exact) mass is 806 g/mol. The van der Waals surface area contributed by atoms with Gasteiger partial charge in [0.25, 0.3) is 0 Å². The van der Waals surface area contributed by atoms with Crippen molar-refractivity contribution in [2.75, 3.05) is 4.90 Å². The Morgan fingerprint density at radius 2 is 0.984 bits per heavy atom. The number of fused-ring (bicyclic) bond motifs is 7. The fourth-order valence-electron chi connectivity index (χ4n) is 9.94. The van der Waals surface area contributed by atoms with Crippen molar-refractivity contribution < 1.29 is 0 Å². The number of benzene rings is 9. The van der Waals surface area contributed by atoms with Crippen LogP contribution < -0.4 is 4.90 Å². The van der Waals surface area contributed by atoms with Gasteiger partial charge in [0.2, 0.25) is 0 Å². The molecule has 2 heterocycles. The summed E-state index contributed by atoms with van der Waals surface area (Å²) in [5, 5.41) is 2.43. The van der Waals surface area contributed by atoms with Crippen molar-refractivity contribution in [2.45, 2.75) is 19.3 Å². The number of aromatic nitrogens is 3. The lowest BCUT2D eigenvalue weighted by molar-refractivity contribution is 0.660. The summed E-state index contributed by atoms with van der Waals surface area (Å²) in [5.74, 6) is 0. The standard InChI is InChI=1S/C59H42N4/c1-59(2)51-26-14-12-23-47(51)49-37-41(31-35-52(49)59)46-25-16-27-53-58(46)61-57(39-17-6-3-7-18-39)56(60-53)40-29-32-44(33-30-40)62(42-19-8-4-9-20-42)45-34-36-55-50(38-45)48-24-13-15-28-54(48)63(55)43-21-10-5-11-22-43/h3-38H,1-2H3. The Bertz CT molecular complexity index is 3520. The first-order valence-electron chi connectivity index (χ1n) is 21.7. The van der Waals surface area contributed by atoms with E-state index in [1.165, 1.54) is 44.1 Å². The first-order valence-corrected chi connectivity index (χ1v) is 21.7. The van der Waals surface area contributed by atoms with Crippen LogP contribution in [0.4, 0.5) is 17.1 Å². The molecule has 63 heavy (non-hydrogen) atoms. The summed E-state index contributed by atoms with van der Waals surface area (Å²) in [7, 11) is 0. The van der Waals surface area contributed by atoms with Crippen LogP contribution in [0.15, 0.2) is 218 Å². The van der Waals surface area contributed by atoms with E-state index in [1.807, 2.05) is 0 Å². The Balaban J connectivity index is 0.979. The Morgan fingerprint density at radius 3 is 1.79 bits per heavy atom. The van der Waals surface area contributed by atoms with Crippen molar-refractivity contribution >= 4 is 49.9 Å². The van der Waals surface area contributed by atoms with Crippen molar-refractivity contribution in [3.05, 3.63) is 230 Å². The Hall–Kier alpha value is -8.08. The SMILES string of the molecule is CC1(C)c2ccccc2-c2cc(-c3cccc4nc(-c5ccc(N(c6ccccc6)c6ccc7c(c6)c6ccccc6n7-c6ccccc6)cc5)c(-c5ccccc5)nc34)ccc21. The van der Waals surface area contributed by atoms with Crippen molar-refractivity contribution in [1.29, 1.82) is 0 Å². The highest BCUT2D eigenvalue weighted by atomic mass is 15.1. The number of rotatable bonds is 7. The van der Waals surface area contributed by atoms with E-state index in [1.54, 1.807) is 0 Å². The third-order valence-electron chi connectivity index (χ3n) is 13.0. The number of hydrogen-bond donors (Lipinski definition) is 0. The molecule has 0 unspecified atom stereocenters. The molecule has 0 amide bonds. The van der Waals surface area contributed by atoms with Crippen LogP contribution in [0, 0.1) is 0 Å². The molecule has 12 rings (SSSR count). The van der Waals surface area contributed by atoms with E-state index in [9.17, 15) is 0 Å². The predicted molar refractivity (Wildman–Crippen MR) is 262 cm³/mol. The highest BCUT2D eigenvalue weighted by Gasteiger charge is 2.35. The van der Waals surface area contributed by atoms with Crippen molar-refractivity contribution in [3.8, 4) is 50.5 Å². The maximum Gasteiger partial charge on any atom is 0.0973 e. The molecule has 11 aromatic rings. The lowest BCUT2D eigenvalue weighted by Gasteiger charge is -2.26. The third kappa shape index (κ3) is 5.98. The molecule has 1 aliphatic carbocycles. The van der Waals surface area contributed by atoms with Crippen LogP contribution in [-0.4, -0.2) is 14.5 Å². The summed E-state index contributed by atoms with van der Waals surface area (Å²) < 4.78 is 2.36. The number of hydrogen-bond acceptors (Lipinski definition) is 3. The summed E-state index contributed by atoms with van der Waals surface area (Å²) in [4.78, 5) is 13.3. The Labute approximate surface area is 367 Å². The summed E-state index contributed by atoms with van der Waals surface area (Å²) in [6, 6.07) is 78.1. The Kier molecular flexibility index (Phi) is 8.48. The maximum atomic E-state index is 5.52. The van der Waals surface area contributed by atoms with Crippen LogP contribution in [-0.2, 0) is 5.41 Å². The van der Waals surface area contributed by atoms with Crippen LogP contribution in [0.25, 0.3) is 83.3 Å². The quantitative estimate of drug-likeness (QED) is 0.161. The smallest absolute Gasteiger partial charge is 0.0973 e. The van der Waals surface area contributed by atoms with Crippen molar-refractivity contribution in [3.63, 3.8) is 0 Å². The van der Waals surface area contributed by atoms with E-state index >= 15 is 0 Å². The van der Waals surface area contributed by atoms with Crippen molar-refractivity contribution in [1.82, 2.24) is 14.5 Å². The van der Waals surface area contributed by atoms with Crippen LogP contribution >= 0.6 is 0 Å². The summed E-state index contributed by atoms with van der Waals surface area (Å²) in [6.07, 6.45) is 0. The molecule has 0 N–H and O–H groups in total. The fraction of sp³-hybridized carbons (Fsp3) is 0.0508. The maximum absolute atomic E-state index is 5.52. The van der Waals surface area contributed by atoms with Gasteiger partial charge in [0.1, 0.15) is 0 Å². The van der Waals surface area contributed by atoms with Crippen LogP contribution in [0.5, 0.6) is 0 Å². The zero-order chi connectivity index (χ0) is 42.1. The number of anilines is 3. The van der Waals surface area contributed by atoms with Crippen LogP contribution in [0.2, 0.25) is 0 Å². The molecule has 298 valence electrons. The first kappa shape index (κ1) is 36.7. The lowest BCUT2D eigenvalue weighted by Crippen LogP contribution is -2.14. The molecule has 0 fully saturated rings. The van der Waals surface area contributed by atoms with Gasteiger partial charge in [-0.25, -0.2) is 9.97 Å². The van der Waals surface area contributed by atoms with Gasteiger partial charge in [0.05, 0.1) is 33.5 Å². The van der Waals surface area contributed by atoms with Gasteiger partial charge in [0.15, 0.2) is 0 Å². The Morgan fingerprint density at radius 1 is 0.397 bits per heavy atom. The zero-order valence-corrected chi connectivity index (χ0v) is 35.1. The highest BCUT2D eigenvalue weighted by molar-refractivity contribution is 6.10. The zero-order valence-electron chi connectivity index (χ0n) is 35.1. The van der Waals surface area contributed by atoms with Crippen molar-refractivity contribution in [2.24, 2.45) is 0 Å². The van der Waals surface area contributed by atoms with Crippen LogP contribution in [0.3, 0.4) is 0 Å². The molecule has 0 spiro atoms. The van der Waals surface area contributed by atoms with E-state index in [-0.39, 0.29) is 5.41 Å². The van der Waals surface area contributed by atoms with Gasteiger partial charge >= 0.3 is 0 Å². The van der Waals surface area contributed by atoms with E-state index in [4.69, 9.17) is 9.97 Å². The van der Waals surface area contributed by atoms with E-state index in [0.717, 1.165) is 67.4 Å². The highest BCUT2D eigenvalue weighted by Crippen LogP contribution is 2.50. The van der Waals surface area contributed by atoms with Crippen LogP contribution in [0.1, 0.15) is 25.0 Å². The average Bonchev–Trinajstić information content (AvgIpc) is 3.79. The molecule has 0 bridgehead atoms. The molecule has 9 aromatic carbocycles. The largest absolute Gasteiger partial charge is 0.310 e. The number of para-hydroxylation sites is 4. The lowest BCUT2D eigenvalue weighted by atomic mass is 9.82. The molecule has 0 atom stereocenters. The van der Waals surface area contributed by atoms with Gasteiger partial charge in [-0.1, -0.05) is 159 Å². The van der Waals surface area contributed by atoms with E-state index in [0.29, 0.717) is 0 Å². The molecule has 0 aliphatic heterocycles.